The van der Waals surface area contributed by atoms with E-state index in [1.165, 1.54) is 30.3 Å². The van der Waals surface area contributed by atoms with Gasteiger partial charge in [0.05, 0.1) is 12.7 Å². The fraction of sp³-hybridized carbons (Fsp3) is 0.348. The van der Waals surface area contributed by atoms with Crippen molar-refractivity contribution in [1.29, 1.82) is 0 Å². The van der Waals surface area contributed by atoms with E-state index in [4.69, 9.17) is 14.2 Å². The van der Waals surface area contributed by atoms with Crippen molar-refractivity contribution in [2.75, 3.05) is 6.61 Å². The molecule has 2 heterocycles. The van der Waals surface area contributed by atoms with Gasteiger partial charge < -0.3 is 44.8 Å². The molecule has 0 bridgehead atoms. The number of hydrogen-bond acceptors (Lipinski definition) is 10. The van der Waals surface area contributed by atoms with Crippen LogP contribution in [0.1, 0.15) is 11.1 Å². The minimum atomic E-state index is -1.60. The number of esters is 1. The van der Waals surface area contributed by atoms with Gasteiger partial charge in [-0.3, -0.25) is 0 Å². The zero-order valence-electron chi connectivity index (χ0n) is 17.3. The molecule has 33 heavy (non-hydrogen) atoms. The molecule has 1 saturated heterocycles. The van der Waals surface area contributed by atoms with Crippen LogP contribution in [0, 0.1) is 0 Å². The SMILES string of the molecule is O=C1/C=C(/c2ccc(O)cc2)[C@@H](O)Cc2ccc(O[C@@H]3O[C@H](CO)[C@@H](O)[C@H](O)[C@H]3O)cc2O1. The summed E-state index contributed by atoms with van der Waals surface area (Å²) >= 11 is 0. The average molecular weight is 460 g/mol. The van der Waals surface area contributed by atoms with Crippen LogP contribution in [0.15, 0.2) is 48.5 Å². The summed E-state index contributed by atoms with van der Waals surface area (Å²) in [6, 6.07) is 10.5. The first-order chi connectivity index (χ1) is 15.8. The molecule has 2 aliphatic heterocycles. The summed E-state index contributed by atoms with van der Waals surface area (Å²) in [5.74, 6) is -0.423. The maximum atomic E-state index is 12.5. The molecule has 6 atom stereocenters. The molecular formula is C23H24O10. The lowest BCUT2D eigenvalue weighted by molar-refractivity contribution is -0.277. The Balaban J connectivity index is 1.55. The number of phenolic OH excluding ortho intramolecular Hbond substituents is 1. The molecule has 0 aromatic heterocycles. The van der Waals surface area contributed by atoms with E-state index in [9.17, 15) is 35.4 Å². The third-order valence-electron chi connectivity index (χ3n) is 5.60. The highest BCUT2D eigenvalue weighted by molar-refractivity contribution is 5.94. The van der Waals surface area contributed by atoms with E-state index in [0.717, 1.165) is 0 Å². The molecule has 0 saturated carbocycles. The Hall–Kier alpha value is -2.99. The standard InChI is InChI=1S/C23H24O10/c24-10-18-20(28)21(29)22(30)23(33-18)31-14-6-3-12-7-16(26)15(9-19(27)32-17(12)8-14)11-1-4-13(25)5-2-11/h1-6,8-9,16,18,20-26,28-30H,7,10H2/b15-9-/t16-,18+,20+,21-,22+,23+/m0/s1. The van der Waals surface area contributed by atoms with Crippen molar-refractivity contribution in [1.82, 2.24) is 0 Å². The predicted molar refractivity (Wildman–Crippen MR) is 112 cm³/mol. The monoisotopic (exact) mass is 460 g/mol. The molecule has 0 radical (unpaired) electrons. The van der Waals surface area contributed by atoms with Crippen LogP contribution >= 0.6 is 0 Å². The molecule has 0 spiro atoms. The zero-order valence-corrected chi connectivity index (χ0v) is 17.3. The number of aliphatic hydroxyl groups excluding tert-OH is 5. The van der Waals surface area contributed by atoms with Crippen LogP contribution < -0.4 is 9.47 Å². The molecule has 0 aliphatic carbocycles. The van der Waals surface area contributed by atoms with Crippen molar-refractivity contribution in [3.05, 3.63) is 59.7 Å². The van der Waals surface area contributed by atoms with Crippen LogP contribution in [0.3, 0.4) is 0 Å². The lowest BCUT2D eigenvalue weighted by Gasteiger charge is -2.39. The summed E-state index contributed by atoms with van der Waals surface area (Å²) in [7, 11) is 0. The second-order valence-corrected chi connectivity index (χ2v) is 7.87. The summed E-state index contributed by atoms with van der Waals surface area (Å²) in [4.78, 5) is 12.5. The second kappa shape index (κ2) is 9.48. The van der Waals surface area contributed by atoms with Gasteiger partial charge in [-0.1, -0.05) is 18.2 Å². The zero-order chi connectivity index (χ0) is 23.7. The predicted octanol–water partition coefficient (Wildman–Crippen LogP) is -0.523. The Morgan fingerprint density at radius 2 is 1.70 bits per heavy atom. The lowest BCUT2D eigenvalue weighted by Crippen LogP contribution is -2.60. The van der Waals surface area contributed by atoms with Gasteiger partial charge in [-0.25, -0.2) is 4.79 Å². The topological polar surface area (TPSA) is 166 Å². The molecule has 2 aromatic carbocycles. The quantitative estimate of drug-likeness (QED) is 0.258. The first kappa shape index (κ1) is 23.2. The molecule has 4 rings (SSSR count). The first-order valence-corrected chi connectivity index (χ1v) is 10.3. The largest absolute Gasteiger partial charge is 0.508 e. The number of carbonyl (C=O) groups is 1. The number of ether oxygens (including phenoxy) is 3. The van der Waals surface area contributed by atoms with E-state index >= 15 is 0 Å². The average Bonchev–Trinajstić information content (AvgIpc) is 2.79. The highest BCUT2D eigenvalue weighted by atomic mass is 16.7. The van der Waals surface area contributed by atoms with E-state index in [1.807, 2.05) is 0 Å². The normalized spacial score (nSPS) is 31.4. The van der Waals surface area contributed by atoms with Crippen molar-refractivity contribution >= 4 is 11.5 Å². The van der Waals surface area contributed by atoms with Crippen molar-refractivity contribution in [2.45, 2.75) is 43.2 Å². The lowest BCUT2D eigenvalue weighted by atomic mass is 9.94. The van der Waals surface area contributed by atoms with Crippen LogP contribution in [-0.2, 0) is 16.0 Å². The van der Waals surface area contributed by atoms with Crippen LogP contribution in [0.25, 0.3) is 5.57 Å². The van der Waals surface area contributed by atoms with E-state index in [-0.39, 0.29) is 23.7 Å². The summed E-state index contributed by atoms with van der Waals surface area (Å²) in [5.41, 5.74) is 1.41. The Kier molecular flexibility index (Phi) is 6.66. The number of aliphatic hydroxyl groups is 5. The van der Waals surface area contributed by atoms with Gasteiger partial charge in [-0.2, -0.15) is 0 Å². The van der Waals surface area contributed by atoms with Crippen LogP contribution in [0.2, 0.25) is 0 Å². The first-order valence-electron chi connectivity index (χ1n) is 10.3. The van der Waals surface area contributed by atoms with E-state index in [0.29, 0.717) is 16.7 Å². The number of fused-ring (bicyclic) bond motifs is 1. The minimum absolute atomic E-state index is 0.0551. The molecule has 2 aromatic rings. The summed E-state index contributed by atoms with van der Waals surface area (Å²) in [6.45, 7) is -0.597. The van der Waals surface area contributed by atoms with Crippen molar-refractivity contribution < 1.29 is 49.6 Å². The number of phenols is 1. The fourth-order valence-corrected chi connectivity index (χ4v) is 3.78. The van der Waals surface area contributed by atoms with E-state index in [2.05, 4.69) is 0 Å². The molecule has 10 heteroatoms. The van der Waals surface area contributed by atoms with Crippen LogP contribution in [0.4, 0.5) is 0 Å². The Morgan fingerprint density at radius 3 is 2.39 bits per heavy atom. The summed E-state index contributed by atoms with van der Waals surface area (Å²) < 4.78 is 16.3. The third kappa shape index (κ3) is 4.86. The molecule has 2 aliphatic rings. The molecule has 10 nitrogen and oxygen atoms in total. The highest BCUT2D eigenvalue weighted by Gasteiger charge is 2.44. The molecular weight excluding hydrogens is 436 g/mol. The van der Waals surface area contributed by atoms with Crippen LogP contribution in [-0.4, -0.2) is 80.0 Å². The maximum Gasteiger partial charge on any atom is 0.336 e. The molecule has 1 fully saturated rings. The van der Waals surface area contributed by atoms with Gasteiger partial charge in [0.15, 0.2) is 0 Å². The van der Waals surface area contributed by atoms with Crippen molar-refractivity contribution in [3.8, 4) is 17.2 Å². The Bertz CT molecular complexity index is 1030. The second-order valence-electron chi connectivity index (χ2n) is 7.87. The van der Waals surface area contributed by atoms with Gasteiger partial charge in [0, 0.05) is 18.6 Å². The Morgan fingerprint density at radius 1 is 0.970 bits per heavy atom. The number of hydrogen-bond donors (Lipinski definition) is 6. The van der Waals surface area contributed by atoms with Crippen molar-refractivity contribution in [2.24, 2.45) is 0 Å². The smallest absolute Gasteiger partial charge is 0.336 e. The van der Waals surface area contributed by atoms with Crippen molar-refractivity contribution in [3.63, 3.8) is 0 Å². The molecule has 0 amide bonds. The van der Waals surface area contributed by atoms with Gasteiger partial charge >= 0.3 is 5.97 Å². The molecule has 0 unspecified atom stereocenters. The number of carbonyl (C=O) groups excluding carboxylic acids is 1. The summed E-state index contributed by atoms with van der Waals surface area (Å²) in [6.07, 6.45) is -6.97. The maximum absolute atomic E-state index is 12.5. The number of aromatic hydroxyl groups is 1. The van der Waals surface area contributed by atoms with Crippen LogP contribution in [0.5, 0.6) is 17.2 Å². The minimum Gasteiger partial charge on any atom is -0.508 e. The molecule has 6 N–H and O–H groups in total. The van der Waals surface area contributed by atoms with Gasteiger partial charge in [0.1, 0.15) is 41.7 Å². The van der Waals surface area contributed by atoms with Gasteiger partial charge in [-0.15, -0.1) is 0 Å². The number of rotatable bonds is 4. The number of benzene rings is 2. The molecule has 176 valence electrons. The van der Waals surface area contributed by atoms with Gasteiger partial charge in [0.2, 0.25) is 6.29 Å². The van der Waals surface area contributed by atoms with Gasteiger partial charge in [0.25, 0.3) is 0 Å². The van der Waals surface area contributed by atoms with E-state index in [1.54, 1.807) is 18.2 Å². The summed E-state index contributed by atoms with van der Waals surface area (Å²) in [5, 5.41) is 59.5. The highest BCUT2D eigenvalue weighted by Crippen LogP contribution is 2.33. The van der Waals surface area contributed by atoms with E-state index < -0.39 is 49.4 Å². The van der Waals surface area contributed by atoms with Gasteiger partial charge in [-0.05, 0) is 34.9 Å². The third-order valence-corrected chi connectivity index (χ3v) is 5.60. The fourth-order valence-electron chi connectivity index (χ4n) is 3.78. The Labute approximate surface area is 188 Å².